The molecule has 1 aromatic carbocycles. The summed E-state index contributed by atoms with van der Waals surface area (Å²) in [7, 11) is -3.92. The molecule has 0 aliphatic rings. The largest absolute Gasteiger partial charge is 0.277 e. The van der Waals surface area contributed by atoms with E-state index in [0.29, 0.717) is 4.47 Å². The number of carbonyl (C=O) groups is 1. The van der Waals surface area contributed by atoms with Crippen molar-refractivity contribution in [3.05, 3.63) is 57.8 Å². The van der Waals surface area contributed by atoms with Gasteiger partial charge in [0, 0.05) is 6.20 Å². The number of hydrazine groups is 1. The second-order valence-electron chi connectivity index (χ2n) is 4.26. The summed E-state index contributed by atoms with van der Waals surface area (Å²) >= 11 is 8.79. The lowest BCUT2D eigenvalue weighted by atomic mass is 10.1. The predicted molar refractivity (Wildman–Crippen MR) is 85.6 cm³/mol. The zero-order valence-corrected chi connectivity index (χ0v) is 14.2. The number of rotatable bonds is 5. The van der Waals surface area contributed by atoms with Gasteiger partial charge in [-0.2, -0.15) is 0 Å². The highest BCUT2D eigenvalue weighted by Gasteiger charge is 2.17. The Labute approximate surface area is 141 Å². The van der Waals surface area contributed by atoms with Crippen molar-refractivity contribution in [1.82, 2.24) is 15.2 Å². The van der Waals surface area contributed by atoms with Crippen LogP contribution in [0.15, 0.2) is 52.0 Å². The molecular formula is C13H11BrClN3O3S. The smallest absolute Gasteiger partial charge is 0.258 e. The molecule has 0 atom stereocenters. The van der Waals surface area contributed by atoms with Gasteiger partial charge in [-0.3, -0.25) is 10.2 Å². The number of sulfonamides is 1. The van der Waals surface area contributed by atoms with Gasteiger partial charge in [-0.05, 0) is 27.6 Å². The molecule has 0 bridgehead atoms. The first-order valence-electron chi connectivity index (χ1n) is 6.04. The fourth-order valence-electron chi connectivity index (χ4n) is 1.56. The Morgan fingerprint density at radius 1 is 1.27 bits per heavy atom. The third-order valence-electron chi connectivity index (χ3n) is 2.61. The van der Waals surface area contributed by atoms with Crippen LogP contribution in [-0.4, -0.2) is 19.3 Å². The van der Waals surface area contributed by atoms with Gasteiger partial charge >= 0.3 is 0 Å². The molecule has 1 aromatic heterocycles. The lowest BCUT2D eigenvalue weighted by Crippen LogP contribution is -2.42. The number of halogens is 2. The summed E-state index contributed by atoms with van der Waals surface area (Å²) in [4.78, 5) is 17.3. The Morgan fingerprint density at radius 3 is 2.59 bits per heavy atom. The Balaban J connectivity index is 2.00. The lowest BCUT2D eigenvalue weighted by Gasteiger charge is -2.09. The van der Waals surface area contributed by atoms with Crippen LogP contribution in [0.25, 0.3) is 0 Å². The molecule has 0 aliphatic heterocycles. The third-order valence-corrected chi connectivity index (χ3v) is 4.96. The minimum atomic E-state index is -3.92. The number of nitrogens with zero attached hydrogens (tertiary/aromatic N) is 1. The van der Waals surface area contributed by atoms with E-state index < -0.39 is 15.9 Å². The van der Waals surface area contributed by atoms with Gasteiger partial charge in [-0.15, -0.1) is 4.83 Å². The van der Waals surface area contributed by atoms with Gasteiger partial charge < -0.3 is 0 Å². The molecule has 6 nitrogen and oxygen atoms in total. The highest BCUT2D eigenvalue weighted by atomic mass is 79.9. The average molecular weight is 405 g/mol. The van der Waals surface area contributed by atoms with Crippen molar-refractivity contribution in [2.75, 3.05) is 0 Å². The maximum Gasteiger partial charge on any atom is 0.258 e. The molecule has 0 fully saturated rings. The van der Waals surface area contributed by atoms with Crippen LogP contribution in [0.3, 0.4) is 0 Å². The highest BCUT2D eigenvalue weighted by Crippen LogP contribution is 2.22. The lowest BCUT2D eigenvalue weighted by molar-refractivity contribution is -0.120. The van der Waals surface area contributed by atoms with E-state index in [1.54, 1.807) is 24.3 Å². The molecule has 2 rings (SSSR count). The first kappa shape index (κ1) is 16.9. The number of carbonyl (C=O) groups excluding carboxylic acids is 1. The third kappa shape index (κ3) is 4.51. The molecule has 2 N–H and O–H groups in total. The molecule has 0 spiro atoms. The summed E-state index contributed by atoms with van der Waals surface area (Å²) in [6.45, 7) is 0. The molecule has 0 radical (unpaired) electrons. The first-order valence-corrected chi connectivity index (χ1v) is 8.69. The van der Waals surface area contributed by atoms with Crippen molar-refractivity contribution >= 4 is 43.5 Å². The van der Waals surface area contributed by atoms with Crippen LogP contribution in [-0.2, 0) is 21.2 Å². The topological polar surface area (TPSA) is 88.2 Å². The van der Waals surface area contributed by atoms with Crippen molar-refractivity contribution in [3.63, 3.8) is 0 Å². The maximum atomic E-state index is 12.0. The van der Waals surface area contributed by atoms with Crippen LogP contribution < -0.4 is 10.3 Å². The van der Waals surface area contributed by atoms with E-state index in [1.807, 2.05) is 10.9 Å². The van der Waals surface area contributed by atoms with Crippen molar-refractivity contribution in [3.8, 4) is 0 Å². The average Bonchev–Trinajstić information content (AvgIpc) is 2.49. The van der Waals surface area contributed by atoms with E-state index in [-0.39, 0.29) is 16.5 Å². The van der Waals surface area contributed by atoms with E-state index in [4.69, 9.17) is 11.6 Å². The molecule has 22 heavy (non-hydrogen) atoms. The normalized spacial score (nSPS) is 11.2. The zero-order chi connectivity index (χ0) is 16.2. The Bertz CT molecular complexity index is 784. The van der Waals surface area contributed by atoms with Crippen LogP contribution in [0.2, 0.25) is 5.15 Å². The first-order chi connectivity index (χ1) is 10.4. The van der Waals surface area contributed by atoms with Crippen molar-refractivity contribution in [2.24, 2.45) is 0 Å². The van der Waals surface area contributed by atoms with Gasteiger partial charge in [0.05, 0.1) is 10.9 Å². The summed E-state index contributed by atoms with van der Waals surface area (Å²) in [5.74, 6) is -0.476. The molecule has 0 saturated carbocycles. The number of nitrogens with one attached hydrogen (secondary N) is 2. The molecule has 0 aliphatic carbocycles. The quantitative estimate of drug-likeness (QED) is 0.590. The number of aromatic nitrogens is 1. The van der Waals surface area contributed by atoms with Crippen molar-refractivity contribution in [2.45, 2.75) is 11.3 Å². The Hall–Kier alpha value is -1.48. The number of pyridine rings is 1. The van der Waals surface area contributed by atoms with Gasteiger partial charge in [0.2, 0.25) is 5.91 Å². The standard InChI is InChI=1S/C13H11BrClN3O3S/c14-11-7-10(8-16-13(11)15)22(20,21)18-17-12(19)6-9-4-2-1-3-5-9/h1-5,7-8,18H,6H2,(H,17,19). The second kappa shape index (κ2) is 7.19. The van der Waals surface area contributed by atoms with E-state index in [1.165, 1.54) is 6.07 Å². The Kier molecular flexibility index (Phi) is 5.52. The van der Waals surface area contributed by atoms with Gasteiger partial charge in [0.25, 0.3) is 10.0 Å². The van der Waals surface area contributed by atoms with Crippen molar-refractivity contribution in [1.29, 1.82) is 0 Å². The van der Waals surface area contributed by atoms with Crippen LogP contribution in [0.1, 0.15) is 5.56 Å². The van der Waals surface area contributed by atoms with Gasteiger partial charge in [-0.1, -0.05) is 41.9 Å². The predicted octanol–water partition coefficient (Wildman–Crippen LogP) is 2.05. The summed E-state index contributed by atoms with van der Waals surface area (Å²) < 4.78 is 24.4. The monoisotopic (exact) mass is 403 g/mol. The SMILES string of the molecule is O=C(Cc1ccccc1)NNS(=O)(=O)c1cnc(Cl)c(Br)c1. The minimum Gasteiger partial charge on any atom is -0.277 e. The second-order valence-corrected chi connectivity index (χ2v) is 7.15. The van der Waals surface area contributed by atoms with E-state index in [9.17, 15) is 13.2 Å². The molecule has 1 heterocycles. The molecule has 9 heteroatoms. The Morgan fingerprint density at radius 2 is 1.95 bits per heavy atom. The zero-order valence-electron chi connectivity index (χ0n) is 11.1. The molecular weight excluding hydrogens is 394 g/mol. The summed E-state index contributed by atoms with van der Waals surface area (Å²) in [6.07, 6.45) is 1.16. The van der Waals surface area contributed by atoms with E-state index in [2.05, 4.69) is 26.3 Å². The van der Waals surface area contributed by atoms with E-state index in [0.717, 1.165) is 11.8 Å². The molecule has 116 valence electrons. The number of hydrogen-bond donors (Lipinski definition) is 2. The fourth-order valence-corrected chi connectivity index (χ4v) is 2.99. The van der Waals surface area contributed by atoms with Crippen LogP contribution in [0.4, 0.5) is 0 Å². The van der Waals surface area contributed by atoms with Crippen molar-refractivity contribution < 1.29 is 13.2 Å². The van der Waals surface area contributed by atoms with Gasteiger partial charge in [0.1, 0.15) is 10.0 Å². The summed E-state index contributed by atoms with van der Waals surface area (Å²) in [5.41, 5.74) is 2.92. The fraction of sp³-hybridized carbons (Fsp3) is 0.0769. The van der Waals surface area contributed by atoms with Gasteiger partial charge in [0.15, 0.2) is 0 Å². The molecule has 1 amide bonds. The van der Waals surface area contributed by atoms with Crippen LogP contribution >= 0.6 is 27.5 Å². The number of benzene rings is 1. The number of hydrogen-bond acceptors (Lipinski definition) is 4. The molecule has 0 saturated heterocycles. The maximum absolute atomic E-state index is 12.0. The van der Waals surface area contributed by atoms with Gasteiger partial charge in [-0.25, -0.2) is 13.4 Å². The highest BCUT2D eigenvalue weighted by molar-refractivity contribution is 9.10. The van der Waals surface area contributed by atoms with E-state index >= 15 is 0 Å². The molecule has 0 unspecified atom stereocenters. The van der Waals surface area contributed by atoms with Crippen LogP contribution in [0, 0.1) is 0 Å². The minimum absolute atomic E-state index is 0.0614. The molecule has 2 aromatic rings. The summed E-state index contributed by atoms with van der Waals surface area (Å²) in [5, 5.41) is 0.145. The van der Waals surface area contributed by atoms with Crippen LogP contribution in [0.5, 0.6) is 0 Å². The summed E-state index contributed by atoms with van der Waals surface area (Å²) in [6, 6.07) is 10.3. The number of amides is 1.